The lowest BCUT2D eigenvalue weighted by molar-refractivity contribution is -0.385. The van der Waals surface area contributed by atoms with E-state index >= 15 is 0 Å². The van der Waals surface area contributed by atoms with Gasteiger partial charge in [0, 0.05) is 29.8 Å². The highest BCUT2D eigenvalue weighted by Gasteiger charge is 2.14. The molecule has 0 unspecified atom stereocenters. The lowest BCUT2D eigenvalue weighted by atomic mass is 10.2. The number of ether oxygens (including phenoxy) is 1. The number of hydrazone groups is 1. The minimum absolute atomic E-state index is 0.0143. The normalized spacial score (nSPS) is 10.6. The van der Waals surface area contributed by atoms with Crippen molar-refractivity contribution in [1.29, 1.82) is 0 Å². The van der Waals surface area contributed by atoms with Gasteiger partial charge in [0.05, 0.1) is 25.0 Å². The molecule has 0 saturated carbocycles. The van der Waals surface area contributed by atoms with Crippen LogP contribution in [0.4, 0.5) is 11.4 Å². The average Bonchev–Trinajstić information content (AvgIpc) is 2.63. The molecule has 0 bridgehead atoms. The van der Waals surface area contributed by atoms with Crippen molar-refractivity contribution in [2.75, 3.05) is 6.61 Å². The van der Waals surface area contributed by atoms with Crippen LogP contribution in [0.3, 0.4) is 0 Å². The van der Waals surface area contributed by atoms with Gasteiger partial charge in [-0.15, -0.1) is 0 Å². The molecule has 0 atom stereocenters. The zero-order valence-electron chi connectivity index (χ0n) is 13.7. The number of phenols is 1. The van der Waals surface area contributed by atoms with Crippen molar-refractivity contribution in [2.24, 2.45) is 5.10 Å². The molecular formula is C15H10Br2N4O7. The van der Waals surface area contributed by atoms with Gasteiger partial charge in [-0.25, -0.2) is 5.43 Å². The molecular weight excluding hydrogens is 508 g/mol. The first-order valence-corrected chi connectivity index (χ1v) is 8.83. The number of aromatic hydroxyl groups is 1. The van der Waals surface area contributed by atoms with Gasteiger partial charge in [-0.2, -0.15) is 5.10 Å². The van der Waals surface area contributed by atoms with Gasteiger partial charge in [0.1, 0.15) is 11.5 Å². The zero-order valence-corrected chi connectivity index (χ0v) is 16.8. The van der Waals surface area contributed by atoms with Crippen LogP contribution in [0.15, 0.2) is 44.4 Å². The molecule has 2 rings (SSSR count). The number of benzene rings is 2. The molecule has 0 heterocycles. The Morgan fingerprint density at radius 1 is 1.14 bits per heavy atom. The summed E-state index contributed by atoms with van der Waals surface area (Å²) >= 11 is 6.09. The predicted molar refractivity (Wildman–Crippen MR) is 104 cm³/mol. The standard InChI is InChI=1S/C15H10Br2N4O7/c16-11-4-9(20(24)25)1-2-13(11)28-7-14(22)19-18-6-8-3-10(21(26)27)5-12(17)15(8)23/h1-6,23H,7H2,(H,19,22)/b18-6-. The first-order chi connectivity index (χ1) is 13.2. The molecule has 0 aromatic heterocycles. The summed E-state index contributed by atoms with van der Waals surface area (Å²) in [5.41, 5.74) is 1.73. The Morgan fingerprint density at radius 3 is 2.39 bits per heavy atom. The number of hydrogen-bond acceptors (Lipinski definition) is 8. The summed E-state index contributed by atoms with van der Waals surface area (Å²) in [4.78, 5) is 32.1. The van der Waals surface area contributed by atoms with Gasteiger partial charge in [0.15, 0.2) is 6.61 Å². The van der Waals surface area contributed by atoms with Crippen molar-refractivity contribution in [3.05, 3.63) is 65.1 Å². The number of nitrogens with zero attached hydrogens (tertiary/aromatic N) is 3. The Bertz CT molecular complexity index is 981. The van der Waals surface area contributed by atoms with Gasteiger partial charge < -0.3 is 9.84 Å². The van der Waals surface area contributed by atoms with E-state index in [1.165, 1.54) is 18.2 Å². The molecule has 0 spiro atoms. The third-order valence-corrected chi connectivity index (χ3v) is 4.39. The molecule has 0 fully saturated rings. The fourth-order valence-electron chi connectivity index (χ4n) is 1.88. The maximum atomic E-state index is 11.8. The van der Waals surface area contributed by atoms with E-state index in [1.54, 1.807) is 0 Å². The van der Waals surface area contributed by atoms with E-state index in [0.29, 0.717) is 4.47 Å². The van der Waals surface area contributed by atoms with Crippen LogP contribution in [0.25, 0.3) is 0 Å². The van der Waals surface area contributed by atoms with Crippen molar-refractivity contribution in [3.8, 4) is 11.5 Å². The van der Waals surface area contributed by atoms with Gasteiger partial charge in [0.2, 0.25) is 0 Å². The number of non-ortho nitro benzene ring substituents is 2. The second kappa shape index (κ2) is 9.23. The summed E-state index contributed by atoms with van der Waals surface area (Å²) in [6, 6.07) is 5.99. The van der Waals surface area contributed by atoms with Crippen molar-refractivity contribution in [1.82, 2.24) is 5.43 Å². The van der Waals surface area contributed by atoms with Crippen LogP contribution < -0.4 is 10.2 Å². The number of rotatable bonds is 7. The molecule has 2 aromatic carbocycles. The summed E-state index contributed by atoms with van der Waals surface area (Å²) < 4.78 is 5.62. The van der Waals surface area contributed by atoms with Crippen LogP contribution in [0, 0.1) is 20.2 Å². The molecule has 28 heavy (non-hydrogen) atoms. The Hall–Kier alpha value is -3.06. The summed E-state index contributed by atoms with van der Waals surface area (Å²) in [7, 11) is 0. The van der Waals surface area contributed by atoms with Crippen molar-refractivity contribution in [3.63, 3.8) is 0 Å². The number of nitro groups is 2. The smallest absolute Gasteiger partial charge is 0.277 e. The fraction of sp³-hybridized carbons (Fsp3) is 0.0667. The molecule has 13 heteroatoms. The quantitative estimate of drug-likeness (QED) is 0.324. The van der Waals surface area contributed by atoms with Gasteiger partial charge >= 0.3 is 0 Å². The first-order valence-electron chi connectivity index (χ1n) is 7.24. The maximum absolute atomic E-state index is 11.8. The van der Waals surface area contributed by atoms with Crippen LogP contribution in [-0.2, 0) is 4.79 Å². The van der Waals surface area contributed by atoms with Crippen LogP contribution in [-0.4, -0.2) is 33.7 Å². The Labute approximate surface area is 173 Å². The molecule has 0 aliphatic carbocycles. The second-order valence-corrected chi connectivity index (χ2v) is 6.78. The molecule has 0 saturated heterocycles. The van der Waals surface area contributed by atoms with E-state index < -0.39 is 22.4 Å². The van der Waals surface area contributed by atoms with Crippen molar-refractivity contribution >= 4 is 55.4 Å². The van der Waals surface area contributed by atoms with Gasteiger partial charge in [-0.1, -0.05) is 0 Å². The number of nitro benzene ring substituents is 2. The molecule has 1 amide bonds. The third-order valence-electron chi connectivity index (χ3n) is 3.17. The van der Waals surface area contributed by atoms with E-state index in [2.05, 4.69) is 42.4 Å². The minimum Gasteiger partial charge on any atom is -0.506 e. The lowest BCUT2D eigenvalue weighted by Crippen LogP contribution is -2.24. The summed E-state index contributed by atoms with van der Waals surface area (Å²) in [6.07, 6.45) is 1.03. The van der Waals surface area contributed by atoms with Crippen LogP contribution >= 0.6 is 31.9 Å². The Kier molecular flexibility index (Phi) is 7.00. The lowest BCUT2D eigenvalue weighted by Gasteiger charge is -2.07. The van der Waals surface area contributed by atoms with E-state index in [0.717, 1.165) is 18.3 Å². The van der Waals surface area contributed by atoms with Crippen LogP contribution in [0.1, 0.15) is 5.56 Å². The third kappa shape index (κ3) is 5.47. The average molecular weight is 518 g/mol. The largest absolute Gasteiger partial charge is 0.506 e. The highest BCUT2D eigenvalue weighted by Crippen LogP contribution is 2.31. The zero-order chi connectivity index (χ0) is 20.8. The number of carbonyl (C=O) groups is 1. The van der Waals surface area contributed by atoms with Gasteiger partial charge in [0.25, 0.3) is 17.3 Å². The topological polar surface area (TPSA) is 157 Å². The molecule has 146 valence electrons. The predicted octanol–water partition coefficient (Wildman–Crippen LogP) is 3.26. The summed E-state index contributed by atoms with van der Waals surface area (Å²) in [5.74, 6) is -0.731. The van der Waals surface area contributed by atoms with Gasteiger partial charge in [-0.05, 0) is 37.9 Å². The summed E-state index contributed by atoms with van der Waals surface area (Å²) in [6.45, 7) is -0.446. The van der Waals surface area contributed by atoms with Crippen LogP contribution in [0.5, 0.6) is 11.5 Å². The van der Waals surface area contributed by atoms with E-state index in [9.17, 15) is 30.1 Å². The number of hydrogen-bond donors (Lipinski definition) is 2. The number of phenolic OH excluding ortho intramolecular Hbond substituents is 1. The monoisotopic (exact) mass is 516 g/mol. The SMILES string of the molecule is O=C(COc1ccc([N+](=O)[O-])cc1Br)N/N=C\c1cc([N+](=O)[O-])cc(Br)c1O. The highest BCUT2D eigenvalue weighted by molar-refractivity contribution is 9.10. The van der Waals surface area contributed by atoms with Crippen molar-refractivity contribution in [2.45, 2.75) is 0 Å². The molecule has 11 nitrogen and oxygen atoms in total. The second-order valence-electron chi connectivity index (χ2n) is 5.08. The summed E-state index contributed by atoms with van der Waals surface area (Å²) in [5, 5.41) is 35.0. The Balaban J connectivity index is 1.98. The number of halogens is 2. The maximum Gasteiger partial charge on any atom is 0.277 e. The molecule has 0 radical (unpaired) electrons. The van der Waals surface area contributed by atoms with Crippen LogP contribution in [0.2, 0.25) is 0 Å². The Morgan fingerprint density at radius 2 is 1.79 bits per heavy atom. The number of carbonyl (C=O) groups excluding carboxylic acids is 1. The number of amides is 1. The highest BCUT2D eigenvalue weighted by atomic mass is 79.9. The van der Waals surface area contributed by atoms with E-state index in [1.807, 2.05) is 0 Å². The van der Waals surface area contributed by atoms with E-state index in [-0.39, 0.29) is 32.9 Å². The van der Waals surface area contributed by atoms with Crippen molar-refractivity contribution < 1.29 is 24.5 Å². The van der Waals surface area contributed by atoms with E-state index in [4.69, 9.17) is 4.74 Å². The minimum atomic E-state index is -0.662. The number of nitrogens with one attached hydrogen (secondary N) is 1. The molecule has 2 aromatic rings. The molecule has 2 N–H and O–H groups in total. The molecule has 0 aliphatic rings. The molecule has 0 aliphatic heterocycles. The fourth-order valence-corrected chi connectivity index (χ4v) is 2.82. The van der Waals surface area contributed by atoms with Gasteiger partial charge in [-0.3, -0.25) is 25.0 Å². The first kappa shape index (κ1) is 21.2.